The lowest BCUT2D eigenvalue weighted by Gasteiger charge is -2.26. The van der Waals surface area contributed by atoms with Gasteiger partial charge < -0.3 is 14.6 Å². The molecule has 0 saturated heterocycles. The monoisotopic (exact) mass is 602 g/mol. The van der Waals surface area contributed by atoms with Crippen LogP contribution in [-0.2, 0) is 25.9 Å². The second-order valence-corrected chi connectivity index (χ2v) is 11.6. The summed E-state index contributed by atoms with van der Waals surface area (Å²) in [6, 6.07) is 8.61. The Morgan fingerprint density at radius 3 is 2.29 bits per heavy atom. The van der Waals surface area contributed by atoms with E-state index in [1.807, 2.05) is 0 Å². The number of aromatic hydroxyl groups is 1. The third-order valence-corrected chi connectivity index (χ3v) is 8.31. The summed E-state index contributed by atoms with van der Waals surface area (Å²) in [5.74, 6) is -3.40. The maximum atomic E-state index is 14.2. The van der Waals surface area contributed by atoms with Crippen molar-refractivity contribution in [3.8, 4) is 17.0 Å². The van der Waals surface area contributed by atoms with Crippen LogP contribution >= 0.6 is 0 Å². The Hall–Kier alpha value is -4.07. The maximum absolute atomic E-state index is 14.2. The number of hydrogen-bond donors (Lipinski definition) is 2. The Balaban J connectivity index is 1.90. The van der Waals surface area contributed by atoms with Crippen LogP contribution in [0.1, 0.15) is 36.8 Å². The SMILES string of the molecule is COC[C@@H](c1cc(F)cc(F)c1)n1c(COC(C)C)nc(=N)c(S(=O)(=O)c2ccc(-c3ccnc(F)c3C)cc2)c1O. The first-order chi connectivity index (χ1) is 19.8. The second kappa shape index (κ2) is 12.4. The number of nitrogens with zero attached hydrogens (tertiary/aromatic N) is 3. The Morgan fingerprint density at radius 1 is 1.05 bits per heavy atom. The molecule has 2 heterocycles. The highest BCUT2D eigenvalue weighted by molar-refractivity contribution is 7.91. The first-order valence-corrected chi connectivity index (χ1v) is 14.3. The molecule has 9 nitrogen and oxygen atoms in total. The van der Waals surface area contributed by atoms with E-state index >= 15 is 0 Å². The van der Waals surface area contributed by atoms with Gasteiger partial charge in [0.2, 0.25) is 21.7 Å². The fourth-order valence-electron chi connectivity index (χ4n) is 4.49. The van der Waals surface area contributed by atoms with E-state index < -0.39 is 49.7 Å². The summed E-state index contributed by atoms with van der Waals surface area (Å²) in [4.78, 5) is 6.63. The van der Waals surface area contributed by atoms with Crippen molar-refractivity contribution < 1.29 is 36.2 Å². The molecule has 0 amide bonds. The van der Waals surface area contributed by atoms with E-state index in [1.165, 1.54) is 37.6 Å². The molecule has 2 N–H and O–H groups in total. The highest BCUT2D eigenvalue weighted by atomic mass is 32.2. The smallest absolute Gasteiger partial charge is 0.216 e. The van der Waals surface area contributed by atoms with E-state index in [0.29, 0.717) is 17.2 Å². The zero-order valence-corrected chi connectivity index (χ0v) is 24.0. The van der Waals surface area contributed by atoms with Gasteiger partial charge in [-0.3, -0.25) is 9.98 Å². The zero-order chi connectivity index (χ0) is 30.8. The molecule has 0 fully saturated rings. The van der Waals surface area contributed by atoms with Gasteiger partial charge in [-0.15, -0.1) is 0 Å². The quantitative estimate of drug-likeness (QED) is 0.249. The molecule has 0 aliphatic rings. The predicted molar refractivity (Wildman–Crippen MR) is 146 cm³/mol. The van der Waals surface area contributed by atoms with Crippen LogP contribution in [0.15, 0.2) is 64.5 Å². The van der Waals surface area contributed by atoms with Crippen molar-refractivity contribution in [2.45, 2.75) is 49.3 Å². The molecule has 4 rings (SSSR count). The van der Waals surface area contributed by atoms with Gasteiger partial charge in [-0.05, 0) is 67.8 Å². The van der Waals surface area contributed by atoms with Gasteiger partial charge in [-0.1, -0.05) is 12.1 Å². The molecule has 13 heteroatoms. The number of pyridine rings is 1. The topological polar surface area (TPSA) is 127 Å². The molecule has 0 bridgehead atoms. The normalized spacial score (nSPS) is 12.6. The van der Waals surface area contributed by atoms with Crippen molar-refractivity contribution in [1.29, 1.82) is 5.41 Å². The lowest BCUT2D eigenvalue weighted by Crippen LogP contribution is -2.30. The van der Waals surface area contributed by atoms with E-state index in [1.54, 1.807) is 26.8 Å². The zero-order valence-electron chi connectivity index (χ0n) is 23.2. The molecule has 2 aromatic carbocycles. The molecule has 0 spiro atoms. The first-order valence-electron chi connectivity index (χ1n) is 12.8. The predicted octanol–water partition coefficient (Wildman–Crippen LogP) is 4.85. The number of halogens is 3. The number of methoxy groups -OCH3 is 1. The van der Waals surface area contributed by atoms with Gasteiger partial charge in [-0.25, -0.2) is 27.2 Å². The van der Waals surface area contributed by atoms with Crippen molar-refractivity contribution >= 4 is 9.84 Å². The second-order valence-electron chi connectivity index (χ2n) is 9.74. The third-order valence-electron chi connectivity index (χ3n) is 6.50. The van der Waals surface area contributed by atoms with Crippen molar-refractivity contribution in [1.82, 2.24) is 14.5 Å². The van der Waals surface area contributed by atoms with Gasteiger partial charge in [0, 0.05) is 24.9 Å². The van der Waals surface area contributed by atoms with Crippen LogP contribution in [-0.4, -0.2) is 47.9 Å². The van der Waals surface area contributed by atoms with Gasteiger partial charge >= 0.3 is 0 Å². The Labute approximate surface area is 240 Å². The van der Waals surface area contributed by atoms with Crippen molar-refractivity contribution in [2.24, 2.45) is 0 Å². The fraction of sp³-hybridized carbons (Fsp3) is 0.276. The highest BCUT2D eigenvalue weighted by Gasteiger charge is 2.31. The summed E-state index contributed by atoms with van der Waals surface area (Å²) in [5.41, 5.74) is 0.568. The molecule has 2 aromatic heterocycles. The van der Waals surface area contributed by atoms with E-state index in [-0.39, 0.29) is 41.2 Å². The lowest BCUT2D eigenvalue weighted by atomic mass is 10.0. The van der Waals surface area contributed by atoms with Crippen LogP contribution in [0.5, 0.6) is 5.88 Å². The van der Waals surface area contributed by atoms with E-state index in [2.05, 4.69) is 9.97 Å². The van der Waals surface area contributed by atoms with Crippen LogP contribution in [0.4, 0.5) is 13.2 Å². The third kappa shape index (κ3) is 6.22. The van der Waals surface area contributed by atoms with E-state index in [9.17, 15) is 26.7 Å². The Morgan fingerprint density at radius 2 is 1.69 bits per heavy atom. The largest absolute Gasteiger partial charge is 0.493 e. The van der Waals surface area contributed by atoms with Gasteiger partial charge in [-0.2, -0.15) is 4.39 Å². The van der Waals surface area contributed by atoms with Crippen molar-refractivity contribution in [2.75, 3.05) is 13.7 Å². The van der Waals surface area contributed by atoms with Crippen LogP contribution in [0, 0.1) is 29.9 Å². The molecule has 0 aliphatic carbocycles. The van der Waals surface area contributed by atoms with Crippen molar-refractivity contribution in [3.63, 3.8) is 0 Å². The summed E-state index contributed by atoms with van der Waals surface area (Å²) in [6.07, 6.45) is 0.992. The molecule has 0 radical (unpaired) electrons. The lowest BCUT2D eigenvalue weighted by molar-refractivity contribution is 0.0553. The van der Waals surface area contributed by atoms with Crippen LogP contribution < -0.4 is 5.49 Å². The fourth-order valence-corrected chi connectivity index (χ4v) is 5.86. The van der Waals surface area contributed by atoms with E-state index in [0.717, 1.165) is 16.7 Å². The molecule has 0 saturated carbocycles. The molecule has 222 valence electrons. The molecule has 0 unspecified atom stereocenters. The van der Waals surface area contributed by atoms with Crippen molar-refractivity contribution in [3.05, 3.63) is 94.7 Å². The maximum Gasteiger partial charge on any atom is 0.216 e. The number of hydrogen-bond acceptors (Lipinski definition) is 8. The standard InChI is InChI=1S/C29H29F3N4O5S/c1-16(2)41-15-25-35-28(33)26(29(37)36(25)24(14-40-4)19-11-20(30)13-21(31)12-19)42(38,39)22-7-5-18(6-8-22)23-9-10-34-27(32)17(23)3/h5-13,16,24,33,37H,14-15H2,1-4H3/t24-/m0/s1. The highest BCUT2D eigenvalue weighted by Crippen LogP contribution is 2.33. The Bertz CT molecular complexity index is 1760. The number of nitrogens with one attached hydrogen (secondary N) is 1. The molecular formula is C29H29F3N4O5S. The molecule has 0 aliphatic heterocycles. The molecule has 4 aromatic rings. The van der Waals surface area contributed by atoms with E-state index in [4.69, 9.17) is 14.9 Å². The molecular weight excluding hydrogens is 573 g/mol. The number of rotatable bonds is 10. The van der Waals surface area contributed by atoms with Gasteiger partial charge in [0.15, 0.2) is 10.4 Å². The number of sulfone groups is 1. The average molecular weight is 603 g/mol. The van der Waals surface area contributed by atoms with Crippen LogP contribution in [0.2, 0.25) is 0 Å². The van der Waals surface area contributed by atoms with Gasteiger partial charge in [0.1, 0.15) is 24.1 Å². The molecule has 42 heavy (non-hydrogen) atoms. The molecule has 1 atom stereocenters. The summed E-state index contributed by atoms with van der Waals surface area (Å²) < 4.78 is 82.0. The summed E-state index contributed by atoms with van der Waals surface area (Å²) in [7, 11) is -3.25. The van der Waals surface area contributed by atoms with Crippen LogP contribution in [0.25, 0.3) is 11.1 Å². The summed E-state index contributed by atoms with van der Waals surface area (Å²) >= 11 is 0. The average Bonchev–Trinajstić information content (AvgIpc) is 2.92. The first kappa shape index (κ1) is 30.9. The Kier molecular flexibility index (Phi) is 9.14. The summed E-state index contributed by atoms with van der Waals surface area (Å²) in [6.45, 7) is 4.52. The number of aromatic nitrogens is 3. The minimum atomic E-state index is -4.57. The number of ether oxygens (including phenoxy) is 2. The minimum absolute atomic E-state index is 0.0210. The summed E-state index contributed by atoms with van der Waals surface area (Å²) in [5, 5.41) is 20.0. The van der Waals surface area contributed by atoms with Gasteiger partial charge in [0.05, 0.1) is 23.6 Å². The van der Waals surface area contributed by atoms with Crippen LogP contribution in [0.3, 0.4) is 0 Å². The minimum Gasteiger partial charge on any atom is -0.493 e. The number of benzene rings is 2. The van der Waals surface area contributed by atoms with Gasteiger partial charge in [0.25, 0.3) is 0 Å².